The van der Waals surface area contributed by atoms with Crippen molar-refractivity contribution in [2.24, 2.45) is 5.16 Å². The normalized spacial score (nSPS) is 11.3. The first-order valence-electron chi connectivity index (χ1n) is 4.14. The van der Waals surface area contributed by atoms with E-state index in [-0.39, 0.29) is 0 Å². The fourth-order valence-corrected chi connectivity index (χ4v) is 1.98. The predicted molar refractivity (Wildman–Crippen MR) is 58.8 cm³/mol. The van der Waals surface area contributed by atoms with Crippen LogP contribution in [-0.2, 0) is 0 Å². The largest absolute Gasteiger partial charge is 0.495 e. The second-order valence-electron chi connectivity index (χ2n) is 2.87. The number of nitrogens with zero attached hydrogens (tertiary/aromatic N) is 3. The number of halogens is 1. The average molecular weight is 270 g/mol. The highest BCUT2D eigenvalue weighted by Gasteiger charge is 2.08. The zero-order chi connectivity index (χ0) is 10.8. The van der Waals surface area contributed by atoms with Gasteiger partial charge in [-0.1, -0.05) is 5.16 Å². The molecule has 0 bridgehead atoms. The molecule has 1 N–H and O–H groups in total. The second-order valence-corrected chi connectivity index (χ2v) is 3.72. The van der Waals surface area contributed by atoms with Crippen LogP contribution in [0.25, 0.3) is 5.52 Å². The van der Waals surface area contributed by atoms with Gasteiger partial charge in [0.15, 0.2) is 0 Å². The van der Waals surface area contributed by atoms with Crippen LogP contribution in [0.2, 0.25) is 0 Å². The SMILES string of the molecule is COc1cc(Br)c2c(C=NO)cnn2c1. The fourth-order valence-electron chi connectivity index (χ4n) is 1.34. The number of hydrogen-bond acceptors (Lipinski definition) is 4. The molecule has 0 saturated heterocycles. The van der Waals surface area contributed by atoms with Crippen molar-refractivity contribution < 1.29 is 9.94 Å². The van der Waals surface area contributed by atoms with Crippen molar-refractivity contribution in [3.05, 3.63) is 28.5 Å². The first-order valence-corrected chi connectivity index (χ1v) is 4.94. The standard InChI is InChI=1S/C9H8BrN3O2/c1-15-7-2-8(10)9-6(4-12-14)3-11-13(9)5-7/h2-5,14H,1H3. The Hall–Kier alpha value is -1.56. The zero-order valence-corrected chi connectivity index (χ0v) is 9.47. The molecule has 0 amide bonds. The average Bonchev–Trinajstić information content (AvgIpc) is 2.62. The van der Waals surface area contributed by atoms with Gasteiger partial charge in [-0.25, -0.2) is 4.52 Å². The number of oxime groups is 1. The molecule has 78 valence electrons. The Bertz CT molecular complexity index is 521. The number of pyridine rings is 1. The van der Waals surface area contributed by atoms with Gasteiger partial charge < -0.3 is 9.94 Å². The molecule has 0 aliphatic heterocycles. The summed E-state index contributed by atoms with van der Waals surface area (Å²) in [5.74, 6) is 0.699. The Labute approximate surface area is 94.1 Å². The molecule has 2 rings (SSSR count). The summed E-state index contributed by atoms with van der Waals surface area (Å²) >= 11 is 3.40. The minimum absolute atomic E-state index is 0.699. The number of hydrogen-bond donors (Lipinski definition) is 1. The van der Waals surface area contributed by atoms with E-state index in [0.29, 0.717) is 5.75 Å². The summed E-state index contributed by atoms with van der Waals surface area (Å²) < 4.78 is 7.58. The molecule has 0 radical (unpaired) electrons. The van der Waals surface area contributed by atoms with E-state index in [4.69, 9.17) is 9.94 Å². The molecule has 0 unspecified atom stereocenters. The predicted octanol–water partition coefficient (Wildman–Crippen LogP) is 1.91. The van der Waals surface area contributed by atoms with Crippen LogP contribution in [0.15, 0.2) is 28.1 Å². The van der Waals surface area contributed by atoms with Gasteiger partial charge in [0, 0.05) is 10.0 Å². The van der Waals surface area contributed by atoms with E-state index in [2.05, 4.69) is 26.2 Å². The maximum atomic E-state index is 8.48. The van der Waals surface area contributed by atoms with Crippen LogP contribution in [0.4, 0.5) is 0 Å². The molecule has 0 atom stereocenters. The van der Waals surface area contributed by atoms with Gasteiger partial charge in [0.25, 0.3) is 0 Å². The van der Waals surface area contributed by atoms with Gasteiger partial charge in [0.1, 0.15) is 5.75 Å². The van der Waals surface area contributed by atoms with Crippen LogP contribution >= 0.6 is 15.9 Å². The molecule has 0 aliphatic rings. The number of aromatic nitrogens is 2. The Morgan fingerprint density at radius 3 is 3.13 bits per heavy atom. The maximum Gasteiger partial charge on any atom is 0.138 e. The molecule has 5 nitrogen and oxygen atoms in total. The molecule has 0 aliphatic carbocycles. The van der Waals surface area contributed by atoms with Crippen LogP contribution in [-0.4, -0.2) is 28.1 Å². The van der Waals surface area contributed by atoms with E-state index < -0.39 is 0 Å². The lowest BCUT2D eigenvalue weighted by Crippen LogP contribution is -1.92. The summed E-state index contributed by atoms with van der Waals surface area (Å²) in [6.07, 6.45) is 4.69. The van der Waals surface area contributed by atoms with Crippen molar-refractivity contribution in [3.8, 4) is 5.75 Å². The first-order chi connectivity index (χ1) is 7.26. The Morgan fingerprint density at radius 2 is 2.47 bits per heavy atom. The van der Waals surface area contributed by atoms with Crippen molar-refractivity contribution in [2.45, 2.75) is 0 Å². The highest BCUT2D eigenvalue weighted by atomic mass is 79.9. The van der Waals surface area contributed by atoms with Gasteiger partial charge in [-0.3, -0.25) is 0 Å². The summed E-state index contributed by atoms with van der Waals surface area (Å²) in [7, 11) is 1.59. The summed E-state index contributed by atoms with van der Waals surface area (Å²) in [6, 6.07) is 1.83. The van der Waals surface area contributed by atoms with Crippen LogP contribution in [0, 0.1) is 0 Å². The van der Waals surface area contributed by atoms with Crippen LogP contribution in [0.1, 0.15) is 5.56 Å². The monoisotopic (exact) mass is 269 g/mol. The molecular formula is C9H8BrN3O2. The first kappa shape index (κ1) is 9.97. The molecule has 0 spiro atoms. The van der Waals surface area contributed by atoms with Crippen molar-refractivity contribution in [2.75, 3.05) is 7.11 Å². The summed E-state index contributed by atoms with van der Waals surface area (Å²) in [6.45, 7) is 0. The molecule has 2 aromatic heterocycles. The topological polar surface area (TPSA) is 59.1 Å². The van der Waals surface area contributed by atoms with Gasteiger partial charge in [-0.2, -0.15) is 5.10 Å². The highest BCUT2D eigenvalue weighted by molar-refractivity contribution is 9.10. The Balaban J connectivity index is 2.71. The zero-order valence-electron chi connectivity index (χ0n) is 7.88. The number of rotatable bonds is 2. The second kappa shape index (κ2) is 3.90. The summed E-state index contributed by atoms with van der Waals surface area (Å²) in [4.78, 5) is 0. The molecule has 0 saturated carbocycles. The molecule has 2 aromatic rings. The lowest BCUT2D eigenvalue weighted by Gasteiger charge is -2.02. The fraction of sp³-hybridized carbons (Fsp3) is 0.111. The van der Waals surface area contributed by atoms with Crippen LogP contribution < -0.4 is 4.74 Å². The lowest BCUT2D eigenvalue weighted by molar-refractivity contribution is 0.322. The third-order valence-corrected chi connectivity index (χ3v) is 2.61. The quantitative estimate of drug-likeness (QED) is 0.515. The maximum absolute atomic E-state index is 8.48. The van der Waals surface area contributed by atoms with Gasteiger partial charge >= 0.3 is 0 Å². The van der Waals surface area contributed by atoms with E-state index in [1.54, 1.807) is 24.0 Å². The highest BCUT2D eigenvalue weighted by Crippen LogP contribution is 2.25. The number of methoxy groups -OCH3 is 1. The lowest BCUT2D eigenvalue weighted by atomic mass is 10.3. The van der Waals surface area contributed by atoms with Gasteiger partial charge in [-0.05, 0) is 22.0 Å². The minimum atomic E-state index is 0.699. The summed E-state index contributed by atoms with van der Waals surface area (Å²) in [5.41, 5.74) is 1.56. The van der Waals surface area contributed by atoms with Gasteiger partial charge in [-0.15, -0.1) is 0 Å². The molecule has 0 fully saturated rings. The Kier molecular flexibility index (Phi) is 2.59. The van der Waals surface area contributed by atoms with E-state index in [9.17, 15) is 0 Å². The van der Waals surface area contributed by atoms with Crippen molar-refractivity contribution in [1.82, 2.24) is 9.61 Å². The van der Waals surface area contributed by atoms with Crippen molar-refractivity contribution in [3.63, 3.8) is 0 Å². The van der Waals surface area contributed by atoms with E-state index in [1.807, 2.05) is 6.07 Å². The molecule has 6 heteroatoms. The van der Waals surface area contributed by atoms with Crippen LogP contribution in [0.5, 0.6) is 5.75 Å². The molecular weight excluding hydrogens is 262 g/mol. The smallest absolute Gasteiger partial charge is 0.138 e. The van der Waals surface area contributed by atoms with Crippen molar-refractivity contribution >= 4 is 27.7 Å². The summed E-state index contributed by atoms with van der Waals surface area (Å²) in [5, 5.41) is 15.6. The third kappa shape index (κ3) is 1.68. The van der Waals surface area contributed by atoms with E-state index in [1.165, 1.54) is 6.21 Å². The minimum Gasteiger partial charge on any atom is -0.495 e. The van der Waals surface area contributed by atoms with Crippen molar-refractivity contribution in [1.29, 1.82) is 0 Å². The van der Waals surface area contributed by atoms with E-state index >= 15 is 0 Å². The van der Waals surface area contributed by atoms with Crippen LogP contribution in [0.3, 0.4) is 0 Å². The third-order valence-electron chi connectivity index (χ3n) is 2.00. The van der Waals surface area contributed by atoms with E-state index in [0.717, 1.165) is 15.6 Å². The molecule has 2 heterocycles. The van der Waals surface area contributed by atoms with Gasteiger partial charge in [0.2, 0.25) is 0 Å². The Morgan fingerprint density at radius 1 is 1.67 bits per heavy atom. The molecule has 15 heavy (non-hydrogen) atoms. The van der Waals surface area contributed by atoms with Gasteiger partial charge in [0.05, 0.1) is 31.2 Å². The number of fused-ring (bicyclic) bond motifs is 1. The number of ether oxygens (including phenoxy) is 1. The molecule has 0 aromatic carbocycles.